The van der Waals surface area contributed by atoms with Crippen LogP contribution in [-0.2, 0) is 23.8 Å². The van der Waals surface area contributed by atoms with Crippen LogP contribution < -0.4 is 36.4 Å². The average Bonchev–Trinajstić information content (AvgIpc) is 4.01. The predicted molar refractivity (Wildman–Crippen MR) is 316 cm³/mol. The second kappa shape index (κ2) is 24.6. The Kier molecular flexibility index (Phi) is 18.0. The molecular formula is C63H80FN7O14. The van der Waals surface area contributed by atoms with E-state index in [4.69, 9.17) is 28.9 Å². The molecule has 2 saturated heterocycles. The molecule has 6 aliphatic rings. The number of carbonyl (C=O) groups excluding carboxylic acids is 3. The summed E-state index contributed by atoms with van der Waals surface area (Å²) in [4.78, 5) is 79.4. The van der Waals surface area contributed by atoms with Crippen LogP contribution in [0, 0.1) is 42.3 Å². The number of phenols is 2. The molecule has 1 aromatic heterocycles. The smallest absolute Gasteiger partial charge is 0.341 e. The van der Waals surface area contributed by atoms with Gasteiger partial charge in [-0.15, -0.1) is 0 Å². The van der Waals surface area contributed by atoms with Gasteiger partial charge in [-0.3, -0.25) is 29.2 Å². The van der Waals surface area contributed by atoms with E-state index in [1.165, 1.54) is 39.5 Å². The quantitative estimate of drug-likeness (QED) is 0.0786. The predicted octanol–water partition coefficient (Wildman–Crippen LogP) is 6.33. The number of fused-ring (bicyclic) bond motifs is 2. The normalized spacial score (nSPS) is 28.6. The molecule has 7 N–H and O–H groups in total. The second-order valence-electron chi connectivity index (χ2n) is 24.3. The number of methoxy groups -OCH3 is 1. The molecule has 4 aromatic rings. The summed E-state index contributed by atoms with van der Waals surface area (Å²) in [6.07, 6.45) is 8.33. The number of carboxylic acid groups (broad SMARTS) is 1. The van der Waals surface area contributed by atoms with Crippen molar-refractivity contribution in [2.45, 2.75) is 137 Å². The number of nitrogens with one attached hydrogen (secondary N) is 2. The van der Waals surface area contributed by atoms with Crippen LogP contribution in [-0.4, -0.2) is 147 Å². The number of anilines is 2. The van der Waals surface area contributed by atoms with E-state index in [0.717, 1.165) is 32.5 Å². The monoisotopic (exact) mass is 1180 g/mol. The molecule has 0 radical (unpaired) electrons. The van der Waals surface area contributed by atoms with Gasteiger partial charge in [0.15, 0.2) is 11.4 Å². The number of aromatic nitrogens is 1. The summed E-state index contributed by atoms with van der Waals surface area (Å²) in [7, 11) is 1.47. The van der Waals surface area contributed by atoms with E-state index in [9.17, 15) is 53.9 Å². The van der Waals surface area contributed by atoms with Crippen LogP contribution in [0.25, 0.3) is 21.7 Å². The van der Waals surface area contributed by atoms with Crippen molar-refractivity contribution < 1.29 is 68.0 Å². The van der Waals surface area contributed by atoms with E-state index in [-0.39, 0.29) is 72.4 Å². The molecule has 10 rings (SSSR count). The van der Waals surface area contributed by atoms with E-state index in [0.29, 0.717) is 56.1 Å². The van der Waals surface area contributed by atoms with Crippen LogP contribution in [0.1, 0.15) is 120 Å². The Balaban J connectivity index is 0.000000297. The van der Waals surface area contributed by atoms with Gasteiger partial charge in [-0.25, -0.2) is 9.18 Å². The number of piperidine rings is 1. The van der Waals surface area contributed by atoms with Gasteiger partial charge in [-0.1, -0.05) is 59.8 Å². The van der Waals surface area contributed by atoms with E-state index in [1.54, 1.807) is 71.9 Å². The van der Waals surface area contributed by atoms with Crippen molar-refractivity contribution >= 4 is 56.7 Å². The minimum Gasteiger partial charge on any atom is -0.507 e. The molecule has 0 unspecified atom stereocenters. The van der Waals surface area contributed by atoms with Gasteiger partial charge in [0.2, 0.25) is 5.43 Å². The third-order valence-corrected chi connectivity index (χ3v) is 17.6. The zero-order valence-corrected chi connectivity index (χ0v) is 50.2. The number of aromatic hydroxyl groups is 2. The number of likely N-dealkylation sites (tertiary alicyclic amines) is 1. The maximum Gasteiger partial charge on any atom is 0.341 e. The fourth-order valence-corrected chi connectivity index (χ4v) is 12.5. The van der Waals surface area contributed by atoms with Crippen LogP contribution in [0.4, 0.5) is 15.8 Å². The van der Waals surface area contributed by atoms with Gasteiger partial charge in [0.25, 0.3) is 11.7 Å². The Morgan fingerprint density at radius 3 is 2.20 bits per heavy atom. The van der Waals surface area contributed by atoms with Gasteiger partial charge in [0.1, 0.15) is 40.0 Å². The van der Waals surface area contributed by atoms with Gasteiger partial charge in [-0.2, -0.15) is 0 Å². The van der Waals surface area contributed by atoms with Crippen molar-refractivity contribution in [1.29, 1.82) is 0 Å². The number of rotatable bonds is 7. The number of aliphatic hydroxyl groups is 2. The molecule has 21 nitrogen and oxygen atoms in total. The number of aromatic carboxylic acids is 1. The summed E-state index contributed by atoms with van der Waals surface area (Å²) in [5.41, 5.74) is -0.413. The van der Waals surface area contributed by atoms with Crippen LogP contribution in [0.5, 0.6) is 17.2 Å². The average molecular weight is 1180 g/mol. The van der Waals surface area contributed by atoms with Crippen molar-refractivity contribution in [2.75, 3.05) is 63.1 Å². The number of aliphatic hydroxyl groups excluding tert-OH is 2. The highest BCUT2D eigenvalue weighted by atomic mass is 19.1. The maximum atomic E-state index is 14.7. The zero-order chi connectivity index (χ0) is 61.7. The molecule has 9 atom stereocenters. The number of hydrogen-bond acceptors (Lipinski definition) is 18. The van der Waals surface area contributed by atoms with Gasteiger partial charge < -0.3 is 69.5 Å². The highest BCUT2D eigenvalue weighted by molar-refractivity contribution is 6.19. The summed E-state index contributed by atoms with van der Waals surface area (Å²) in [6.45, 7) is 22.5. The number of piperazine rings is 1. The number of pyridine rings is 1. The molecule has 4 bridgehead atoms. The molecule has 1 spiro atoms. The number of ketones is 1. The summed E-state index contributed by atoms with van der Waals surface area (Å²) in [5.74, 6) is -8.20. The van der Waals surface area contributed by atoms with E-state index >= 15 is 0 Å². The van der Waals surface area contributed by atoms with E-state index < -0.39 is 100 Å². The van der Waals surface area contributed by atoms with Crippen molar-refractivity contribution in [3.05, 3.63) is 97.9 Å². The maximum absolute atomic E-state index is 14.7. The highest BCUT2D eigenvalue weighted by Crippen LogP contribution is 2.50. The number of amides is 1. The van der Waals surface area contributed by atoms with Crippen LogP contribution in [0.15, 0.2) is 69.2 Å². The number of esters is 1. The summed E-state index contributed by atoms with van der Waals surface area (Å²) in [5, 5.41) is 62.8. The number of allylic oxidation sites excluding steroid dienone is 2. The third kappa shape index (κ3) is 12.2. The van der Waals surface area contributed by atoms with Gasteiger partial charge in [0, 0.05) is 137 Å². The van der Waals surface area contributed by atoms with Crippen molar-refractivity contribution in [3.8, 4) is 17.2 Å². The summed E-state index contributed by atoms with van der Waals surface area (Å²) >= 11 is 0. The molecule has 458 valence electrons. The minimum atomic E-state index is -1.96. The first kappa shape index (κ1) is 62.3. The Morgan fingerprint density at radius 1 is 0.906 bits per heavy atom. The summed E-state index contributed by atoms with van der Waals surface area (Å²) in [6, 6.07) is 3.08. The highest BCUT2D eigenvalue weighted by Gasteiger charge is 2.50. The second-order valence-corrected chi connectivity index (χ2v) is 24.3. The minimum absolute atomic E-state index is 0.0364. The number of nitrogens with zero attached hydrogens (tertiary/aromatic N) is 5. The first-order valence-electron chi connectivity index (χ1n) is 29.4. The third-order valence-electron chi connectivity index (χ3n) is 17.6. The van der Waals surface area contributed by atoms with Gasteiger partial charge in [0.05, 0.1) is 52.1 Å². The SMILES string of the molecule is CO[C@H]1/C=C/O[C@@]2(C)Oc3c(C)c(O)c4c(O)c(c5c(c4c3C2=O)=NC2(CCN(CC(C)C)CC2)N=5)NC(=O)/C(C)=C\C=C\[C@H](C)[C@H](O)[C@@H](C)[C@@H](O)[C@@H](C)[C@H](OC(C)=O)[C@@H]1C.O=C(O)c1cn(C2CC2)c2cc(N3CCNCC3)c(F)cc2c1=O. The van der Waals surface area contributed by atoms with Crippen molar-refractivity contribution in [1.82, 2.24) is 14.8 Å². The first-order chi connectivity index (χ1) is 40.2. The van der Waals surface area contributed by atoms with Gasteiger partial charge in [-0.05, 0) is 50.8 Å². The lowest BCUT2D eigenvalue weighted by molar-refractivity contribution is -0.160. The van der Waals surface area contributed by atoms with Gasteiger partial charge >= 0.3 is 17.7 Å². The Bertz CT molecular complexity index is 3600. The number of halogens is 1. The van der Waals surface area contributed by atoms with Crippen molar-refractivity contribution in [2.24, 2.45) is 39.6 Å². The molecule has 3 aromatic carbocycles. The number of carboxylic acids is 1. The standard InChI is InChI=1S/C46H62N4O11.C17H18FN3O3/c1-22(2)21-50-18-16-46(17-19-50)48-34-31-32-39(54)28(8)42-33(31)43(56)45(10,61-42)59-20-15-30(58-11)25(5)41(60-29(9)51)27(7)38(53)26(6)37(52)23(3)13-12-14-24(4)44(57)47-36(40(32)55)35(34)49-46;18-13-7-11-14(8-15(13)20-5-3-19-4-6-20)21(10-1-2-10)9-12(16(11)22)17(23)24/h12-15,20,22-23,25-27,30,37-38,41,52-55H,16-19,21H2,1-11H3,(H,47,57);7-10,19H,1-6H2,(H,23,24)/b13-12+,20-15+,24-14-;/t23-,25+,26+,27+,30-,37-,38+,41+,45-;/m0./s1. The molecule has 1 saturated carbocycles. The molecular weight excluding hydrogens is 1100 g/mol. The molecule has 85 heavy (non-hydrogen) atoms. The Hall–Kier alpha value is -7.24. The summed E-state index contributed by atoms with van der Waals surface area (Å²) < 4.78 is 40.4. The van der Waals surface area contributed by atoms with Crippen LogP contribution in [0.2, 0.25) is 0 Å². The molecule has 5 aliphatic heterocycles. The Labute approximate surface area is 492 Å². The zero-order valence-electron chi connectivity index (χ0n) is 50.2. The van der Waals surface area contributed by atoms with Crippen LogP contribution in [0.3, 0.4) is 0 Å². The lowest BCUT2D eigenvalue weighted by atomic mass is 9.78. The molecule has 22 heteroatoms. The fraction of sp³-hybridized carbons (Fsp3) is 0.540. The number of phenolic OH excluding ortho intramolecular Hbond substituents is 2. The fourth-order valence-electron chi connectivity index (χ4n) is 12.5. The number of carbonyl (C=O) groups is 4. The van der Waals surface area contributed by atoms with Crippen LogP contribution >= 0.6 is 0 Å². The first-order valence-corrected chi connectivity index (χ1v) is 29.4. The van der Waals surface area contributed by atoms with E-state index in [1.807, 2.05) is 9.47 Å². The number of hydrogen-bond donors (Lipinski definition) is 7. The largest absolute Gasteiger partial charge is 0.507 e. The topological polar surface area (TPSA) is 284 Å². The molecule has 1 aliphatic carbocycles. The molecule has 1 amide bonds. The lowest BCUT2D eigenvalue weighted by Gasteiger charge is -2.38. The number of benzene rings is 3. The van der Waals surface area contributed by atoms with Crippen molar-refractivity contribution in [3.63, 3.8) is 0 Å². The molecule has 3 fully saturated rings. The Morgan fingerprint density at radius 2 is 1.58 bits per heavy atom. The molecule has 6 heterocycles. The number of ether oxygens (including phenoxy) is 4. The number of Topliss-reactive ketones (excluding diaryl/α,β-unsaturated/α-hetero) is 1. The lowest BCUT2D eigenvalue weighted by Crippen LogP contribution is -2.46. The van der Waals surface area contributed by atoms with E-state index in [2.05, 4.69) is 29.4 Å².